The third-order valence-corrected chi connectivity index (χ3v) is 4.17. The first-order valence-corrected chi connectivity index (χ1v) is 8.63. The number of carbonyl (C=O) groups is 2. The molecule has 0 fully saturated rings. The summed E-state index contributed by atoms with van der Waals surface area (Å²) in [5, 5.41) is 3.16. The Hall–Kier alpha value is -2.00. The molecule has 1 aromatic heterocycles. The van der Waals surface area contributed by atoms with E-state index in [2.05, 4.69) is 17.2 Å². The van der Waals surface area contributed by atoms with Gasteiger partial charge >= 0.3 is 5.97 Å². The molecule has 0 bridgehead atoms. The maximum atomic E-state index is 12.2. The molecule has 24 heavy (non-hydrogen) atoms. The fourth-order valence-corrected chi connectivity index (χ4v) is 2.78. The molecule has 0 spiro atoms. The van der Waals surface area contributed by atoms with Crippen molar-refractivity contribution in [2.24, 2.45) is 5.41 Å². The molecule has 1 heterocycles. The van der Waals surface area contributed by atoms with Crippen LogP contribution in [0.5, 0.6) is 0 Å². The van der Waals surface area contributed by atoms with Crippen molar-refractivity contribution in [3.8, 4) is 11.8 Å². The van der Waals surface area contributed by atoms with Crippen LogP contribution in [0.2, 0.25) is 0 Å². The van der Waals surface area contributed by atoms with Crippen molar-refractivity contribution in [2.45, 2.75) is 40.2 Å². The van der Waals surface area contributed by atoms with Gasteiger partial charge in [-0.3, -0.25) is 4.79 Å². The Balaban J connectivity index is 3.19. The van der Waals surface area contributed by atoms with Crippen LogP contribution in [0.15, 0.2) is 6.07 Å². The topological polar surface area (TPSA) is 58.6 Å². The summed E-state index contributed by atoms with van der Waals surface area (Å²) in [5.41, 5.74) is 0.461. The van der Waals surface area contributed by atoms with Gasteiger partial charge in [0, 0.05) is 19.5 Å². The number of anilines is 1. The zero-order valence-electron chi connectivity index (χ0n) is 15.4. The van der Waals surface area contributed by atoms with E-state index in [1.165, 1.54) is 23.3 Å². The van der Waals surface area contributed by atoms with Crippen LogP contribution in [0.3, 0.4) is 0 Å². The van der Waals surface area contributed by atoms with Gasteiger partial charge in [-0.25, -0.2) is 4.79 Å². The highest BCUT2D eigenvalue weighted by atomic mass is 32.1. The van der Waals surface area contributed by atoms with Gasteiger partial charge in [-0.1, -0.05) is 18.8 Å². The SMILES string of the molecule is CCC(Nc1cc(C#CC(C)(C)C)sc1C(=O)OC)C(=O)N(C)C. The van der Waals surface area contributed by atoms with E-state index in [-0.39, 0.29) is 11.3 Å². The number of carbonyl (C=O) groups excluding carboxylic acids is 2. The first-order chi connectivity index (χ1) is 11.1. The van der Waals surface area contributed by atoms with Crippen LogP contribution in [0, 0.1) is 17.3 Å². The molecular formula is C18H26N2O3S. The predicted molar refractivity (Wildman–Crippen MR) is 98.4 cm³/mol. The Morgan fingerprint density at radius 2 is 2.00 bits per heavy atom. The minimum absolute atomic E-state index is 0.0400. The highest BCUT2D eigenvalue weighted by molar-refractivity contribution is 7.15. The van der Waals surface area contributed by atoms with Gasteiger partial charge in [-0.05, 0) is 33.3 Å². The highest BCUT2D eigenvalue weighted by Crippen LogP contribution is 2.29. The van der Waals surface area contributed by atoms with E-state index < -0.39 is 12.0 Å². The van der Waals surface area contributed by atoms with Crippen molar-refractivity contribution < 1.29 is 14.3 Å². The van der Waals surface area contributed by atoms with E-state index in [1.54, 1.807) is 20.2 Å². The number of nitrogens with one attached hydrogen (secondary N) is 1. The highest BCUT2D eigenvalue weighted by Gasteiger charge is 2.23. The molecule has 1 aromatic rings. The molecule has 1 rings (SSSR count). The molecule has 0 saturated heterocycles. The first-order valence-electron chi connectivity index (χ1n) is 7.82. The molecule has 132 valence electrons. The van der Waals surface area contributed by atoms with E-state index in [0.717, 1.165) is 4.88 Å². The van der Waals surface area contributed by atoms with Crippen LogP contribution in [-0.4, -0.2) is 44.0 Å². The fourth-order valence-electron chi connectivity index (χ4n) is 1.89. The van der Waals surface area contributed by atoms with Gasteiger partial charge in [0.1, 0.15) is 10.9 Å². The van der Waals surface area contributed by atoms with Crippen LogP contribution >= 0.6 is 11.3 Å². The molecule has 0 radical (unpaired) electrons. The number of rotatable bonds is 5. The molecule has 0 aliphatic heterocycles. The van der Waals surface area contributed by atoms with Crippen molar-refractivity contribution in [1.29, 1.82) is 0 Å². The van der Waals surface area contributed by atoms with Gasteiger partial charge < -0.3 is 15.0 Å². The number of amides is 1. The van der Waals surface area contributed by atoms with E-state index in [1.807, 2.05) is 27.7 Å². The average Bonchev–Trinajstić information content (AvgIpc) is 2.91. The number of hydrogen-bond donors (Lipinski definition) is 1. The number of esters is 1. The Morgan fingerprint density at radius 1 is 1.38 bits per heavy atom. The van der Waals surface area contributed by atoms with Gasteiger partial charge in [0.15, 0.2) is 0 Å². The summed E-state index contributed by atoms with van der Waals surface area (Å²) in [4.78, 5) is 27.0. The Labute approximate surface area is 148 Å². The lowest BCUT2D eigenvalue weighted by Gasteiger charge is -2.21. The van der Waals surface area contributed by atoms with Crippen molar-refractivity contribution in [3.63, 3.8) is 0 Å². The number of nitrogens with zero attached hydrogens (tertiary/aromatic N) is 1. The number of thiophene rings is 1. The van der Waals surface area contributed by atoms with Crippen LogP contribution in [0.25, 0.3) is 0 Å². The summed E-state index contributed by atoms with van der Waals surface area (Å²) in [6.07, 6.45) is 0.608. The van der Waals surface area contributed by atoms with E-state index in [0.29, 0.717) is 17.0 Å². The second-order valence-electron chi connectivity index (χ2n) is 6.68. The molecule has 5 nitrogen and oxygen atoms in total. The Bertz CT molecular complexity index is 660. The number of likely N-dealkylation sites (N-methyl/N-ethyl adjacent to an activating group) is 1. The molecule has 0 aliphatic carbocycles. The predicted octanol–water partition coefficient (Wildman–Crippen LogP) is 3.21. The summed E-state index contributed by atoms with van der Waals surface area (Å²) in [7, 11) is 4.76. The zero-order chi connectivity index (χ0) is 18.5. The van der Waals surface area contributed by atoms with Gasteiger partial charge in [0.25, 0.3) is 0 Å². The van der Waals surface area contributed by atoms with Crippen molar-refractivity contribution in [2.75, 3.05) is 26.5 Å². The van der Waals surface area contributed by atoms with Crippen LogP contribution < -0.4 is 5.32 Å². The molecule has 0 aromatic carbocycles. The third-order valence-electron chi connectivity index (χ3n) is 3.14. The standard InChI is InChI=1S/C18H26N2O3S/c1-8-13(16(21)20(5)6)19-14-11-12(9-10-18(2,3)4)24-15(14)17(22)23-7/h11,13,19H,8H2,1-7H3. The minimum Gasteiger partial charge on any atom is -0.465 e. The molecule has 1 N–H and O–H groups in total. The molecule has 1 atom stereocenters. The third kappa shape index (κ3) is 5.57. The first kappa shape index (κ1) is 20.0. The summed E-state index contributed by atoms with van der Waals surface area (Å²) in [6, 6.07) is 1.41. The largest absolute Gasteiger partial charge is 0.465 e. The molecule has 1 amide bonds. The lowest BCUT2D eigenvalue weighted by Crippen LogP contribution is -2.38. The lowest BCUT2D eigenvalue weighted by atomic mass is 9.98. The number of methoxy groups -OCH3 is 1. The summed E-state index contributed by atoms with van der Waals surface area (Å²) in [6.45, 7) is 7.99. The van der Waals surface area contributed by atoms with Gasteiger partial charge in [0.05, 0.1) is 17.7 Å². The molecule has 6 heteroatoms. The summed E-state index contributed by atoms with van der Waals surface area (Å²) >= 11 is 1.27. The maximum Gasteiger partial charge on any atom is 0.350 e. The summed E-state index contributed by atoms with van der Waals surface area (Å²) < 4.78 is 4.85. The Morgan fingerprint density at radius 3 is 2.46 bits per heavy atom. The van der Waals surface area contributed by atoms with Crippen molar-refractivity contribution >= 4 is 28.9 Å². The number of hydrogen-bond acceptors (Lipinski definition) is 5. The van der Waals surface area contributed by atoms with E-state index in [4.69, 9.17) is 4.74 Å². The van der Waals surface area contributed by atoms with Crippen LogP contribution in [0.1, 0.15) is 48.7 Å². The van der Waals surface area contributed by atoms with Crippen LogP contribution in [0.4, 0.5) is 5.69 Å². The average molecular weight is 350 g/mol. The minimum atomic E-state index is -0.432. The van der Waals surface area contributed by atoms with Gasteiger partial charge in [-0.2, -0.15) is 0 Å². The van der Waals surface area contributed by atoms with Crippen LogP contribution in [-0.2, 0) is 9.53 Å². The molecule has 1 unspecified atom stereocenters. The number of ether oxygens (including phenoxy) is 1. The fraction of sp³-hybridized carbons (Fsp3) is 0.556. The quantitative estimate of drug-likeness (QED) is 0.654. The summed E-state index contributed by atoms with van der Waals surface area (Å²) in [5.74, 6) is 5.77. The second-order valence-corrected chi connectivity index (χ2v) is 7.74. The van der Waals surface area contributed by atoms with Crippen molar-refractivity contribution in [3.05, 3.63) is 15.8 Å². The monoisotopic (exact) mass is 350 g/mol. The van der Waals surface area contributed by atoms with Crippen molar-refractivity contribution in [1.82, 2.24) is 4.90 Å². The smallest absolute Gasteiger partial charge is 0.350 e. The molecule has 0 saturated carbocycles. The maximum absolute atomic E-state index is 12.2. The molecule has 0 aliphatic rings. The van der Waals surface area contributed by atoms with Gasteiger partial charge in [-0.15, -0.1) is 11.3 Å². The normalized spacial score (nSPS) is 12.0. The zero-order valence-corrected chi connectivity index (χ0v) is 16.3. The van der Waals surface area contributed by atoms with Gasteiger partial charge in [0.2, 0.25) is 5.91 Å². The Kier molecular flexibility index (Phi) is 6.85. The second kappa shape index (κ2) is 8.20. The lowest BCUT2D eigenvalue weighted by molar-refractivity contribution is -0.129. The van der Waals surface area contributed by atoms with E-state index in [9.17, 15) is 9.59 Å². The molecular weight excluding hydrogens is 324 g/mol. The van der Waals surface area contributed by atoms with E-state index >= 15 is 0 Å².